The fourth-order valence-corrected chi connectivity index (χ4v) is 5.81. The highest BCUT2D eigenvalue weighted by Gasteiger charge is 2.29. The predicted octanol–water partition coefficient (Wildman–Crippen LogP) is 5.28. The maximum atomic E-state index is 6.13. The molecule has 1 nitrogen and oxygen atoms in total. The standard InChI is InChI=1S/C17H28OSi/c1-5-16-11-13-17(14-12-16)10-9-15-19(7-3,8-4)18-6-2/h5,11-14H,1,6-10,15H2,2-4H3. The molecule has 1 aromatic carbocycles. The molecule has 1 rings (SSSR count). The van der Waals surface area contributed by atoms with Gasteiger partial charge in [-0.05, 0) is 49.0 Å². The molecule has 19 heavy (non-hydrogen) atoms. The number of hydrogen-bond donors (Lipinski definition) is 0. The summed E-state index contributed by atoms with van der Waals surface area (Å²) in [6.45, 7) is 11.4. The zero-order chi connectivity index (χ0) is 14.1. The molecule has 0 saturated carbocycles. The van der Waals surface area contributed by atoms with Crippen molar-refractivity contribution in [2.45, 2.75) is 51.7 Å². The first kappa shape index (κ1) is 16.2. The van der Waals surface area contributed by atoms with E-state index < -0.39 is 8.32 Å². The topological polar surface area (TPSA) is 9.23 Å². The highest BCUT2D eigenvalue weighted by atomic mass is 28.4. The van der Waals surface area contributed by atoms with Gasteiger partial charge in [0.2, 0.25) is 0 Å². The van der Waals surface area contributed by atoms with Crippen LogP contribution in [0, 0.1) is 0 Å². The van der Waals surface area contributed by atoms with E-state index in [1.165, 1.54) is 42.1 Å². The second-order valence-corrected chi connectivity index (χ2v) is 9.69. The molecule has 0 aliphatic carbocycles. The van der Waals surface area contributed by atoms with E-state index in [0.717, 1.165) is 6.61 Å². The predicted molar refractivity (Wildman–Crippen MR) is 88.0 cm³/mol. The quantitative estimate of drug-likeness (QED) is 0.557. The summed E-state index contributed by atoms with van der Waals surface area (Å²) in [5, 5.41) is 0. The summed E-state index contributed by atoms with van der Waals surface area (Å²) >= 11 is 0. The Bertz CT molecular complexity index is 365. The summed E-state index contributed by atoms with van der Waals surface area (Å²) in [5.74, 6) is 0. The van der Waals surface area contributed by atoms with Crippen molar-refractivity contribution in [3.05, 3.63) is 42.0 Å². The Morgan fingerprint density at radius 2 is 1.74 bits per heavy atom. The first-order chi connectivity index (χ1) is 9.19. The largest absolute Gasteiger partial charge is 0.417 e. The van der Waals surface area contributed by atoms with Gasteiger partial charge in [-0.15, -0.1) is 0 Å². The second kappa shape index (κ2) is 8.34. The number of hydrogen-bond acceptors (Lipinski definition) is 1. The lowest BCUT2D eigenvalue weighted by molar-refractivity contribution is 0.319. The van der Waals surface area contributed by atoms with Crippen molar-refractivity contribution in [2.24, 2.45) is 0 Å². The third-order valence-electron chi connectivity index (χ3n) is 4.05. The zero-order valence-corrected chi connectivity index (χ0v) is 13.7. The van der Waals surface area contributed by atoms with Gasteiger partial charge in [0.25, 0.3) is 0 Å². The van der Waals surface area contributed by atoms with Crippen LogP contribution >= 0.6 is 0 Å². The van der Waals surface area contributed by atoms with Crippen LogP contribution in [0.2, 0.25) is 18.1 Å². The molecule has 0 heterocycles. The Balaban J connectivity index is 2.48. The zero-order valence-electron chi connectivity index (χ0n) is 12.7. The Labute approximate surface area is 119 Å². The highest BCUT2D eigenvalue weighted by Crippen LogP contribution is 2.24. The average Bonchev–Trinajstić information content (AvgIpc) is 2.47. The van der Waals surface area contributed by atoms with Crippen LogP contribution < -0.4 is 0 Å². The highest BCUT2D eigenvalue weighted by molar-refractivity contribution is 6.73. The fraction of sp³-hybridized carbons (Fsp3) is 0.529. The minimum Gasteiger partial charge on any atom is -0.417 e. The van der Waals surface area contributed by atoms with Crippen molar-refractivity contribution in [1.82, 2.24) is 0 Å². The van der Waals surface area contributed by atoms with Gasteiger partial charge in [-0.25, -0.2) is 0 Å². The fourth-order valence-electron chi connectivity index (χ4n) is 2.62. The summed E-state index contributed by atoms with van der Waals surface area (Å²) in [6.07, 6.45) is 4.31. The molecule has 0 amide bonds. The SMILES string of the molecule is C=Cc1ccc(CCC[Si](CC)(CC)OCC)cc1. The minimum absolute atomic E-state index is 0.877. The molecule has 0 fully saturated rings. The van der Waals surface area contributed by atoms with E-state index in [-0.39, 0.29) is 0 Å². The van der Waals surface area contributed by atoms with Crippen LogP contribution in [-0.2, 0) is 10.8 Å². The maximum absolute atomic E-state index is 6.13. The van der Waals surface area contributed by atoms with E-state index in [0.29, 0.717) is 0 Å². The first-order valence-electron chi connectivity index (χ1n) is 7.55. The lowest BCUT2D eigenvalue weighted by atomic mass is 10.1. The molecule has 0 bridgehead atoms. The van der Waals surface area contributed by atoms with E-state index in [2.05, 4.69) is 51.6 Å². The van der Waals surface area contributed by atoms with Crippen LogP contribution in [0.25, 0.3) is 6.08 Å². The molecule has 106 valence electrons. The molecular weight excluding hydrogens is 248 g/mol. The summed E-state index contributed by atoms with van der Waals surface area (Å²) in [7, 11) is -1.43. The first-order valence-corrected chi connectivity index (χ1v) is 10.1. The number of benzene rings is 1. The molecule has 0 unspecified atom stereocenters. The number of aryl methyl sites for hydroxylation is 1. The van der Waals surface area contributed by atoms with Gasteiger partial charge in [0, 0.05) is 6.61 Å². The van der Waals surface area contributed by atoms with Gasteiger partial charge in [0.1, 0.15) is 0 Å². The summed E-state index contributed by atoms with van der Waals surface area (Å²) < 4.78 is 6.13. The van der Waals surface area contributed by atoms with Crippen LogP contribution in [-0.4, -0.2) is 14.9 Å². The Kier molecular flexibility index (Phi) is 7.10. The summed E-state index contributed by atoms with van der Waals surface area (Å²) in [4.78, 5) is 0. The van der Waals surface area contributed by atoms with Crippen molar-refractivity contribution in [1.29, 1.82) is 0 Å². The molecule has 0 spiro atoms. The van der Waals surface area contributed by atoms with Crippen LogP contribution in [0.5, 0.6) is 0 Å². The molecule has 0 aliphatic rings. The second-order valence-electron chi connectivity index (χ2n) is 5.12. The third-order valence-corrected chi connectivity index (χ3v) is 8.80. The van der Waals surface area contributed by atoms with Gasteiger partial charge in [0.05, 0.1) is 0 Å². The van der Waals surface area contributed by atoms with Crippen LogP contribution in [0.4, 0.5) is 0 Å². The third kappa shape index (κ3) is 4.96. The molecule has 1 aromatic rings. The van der Waals surface area contributed by atoms with Gasteiger partial charge in [-0.1, -0.05) is 50.8 Å². The molecule has 0 radical (unpaired) electrons. The van der Waals surface area contributed by atoms with E-state index in [4.69, 9.17) is 4.43 Å². The van der Waals surface area contributed by atoms with E-state index in [1.807, 2.05) is 6.08 Å². The number of rotatable bonds is 9. The average molecular weight is 276 g/mol. The van der Waals surface area contributed by atoms with E-state index in [1.54, 1.807) is 0 Å². The van der Waals surface area contributed by atoms with Crippen LogP contribution in [0.3, 0.4) is 0 Å². The van der Waals surface area contributed by atoms with Gasteiger partial charge in [-0.2, -0.15) is 0 Å². The van der Waals surface area contributed by atoms with Gasteiger partial charge in [0.15, 0.2) is 8.32 Å². The molecule has 0 N–H and O–H groups in total. The van der Waals surface area contributed by atoms with Gasteiger partial charge < -0.3 is 4.43 Å². The Morgan fingerprint density at radius 1 is 1.11 bits per heavy atom. The molecular formula is C17H28OSi. The van der Waals surface area contributed by atoms with Crippen LogP contribution in [0.15, 0.2) is 30.8 Å². The van der Waals surface area contributed by atoms with Crippen molar-refractivity contribution < 1.29 is 4.43 Å². The summed E-state index contributed by atoms with van der Waals surface area (Å²) in [6, 6.07) is 12.5. The molecule has 0 aliphatic heterocycles. The van der Waals surface area contributed by atoms with Crippen molar-refractivity contribution >= 4 is 14.4 Å². The van der Waals surface area contributed by atoms with Crippen molar-refractivity contribution in [2.75, 3.05) is 6.61 Å². The lowest BCUT2D eigenvalue weighted by Gasteiger charge is -2.28. The monoisotopic (exact) mass is 276 g/mol. The van der Waals surface area contributed by atoms with Gasteiger partial charge in [-0.3, -0.25) is 0 Å². The normalized spacial score (nSPS) is 11.5. The van der Waals surface area contributed by atoms with E-state index in [9.17, 15) is 0 Å². The van der Waals surface area contributed by atoms with E-state index >= 15 is 0 Å². The van der Waals surface area contributed by atoms with Crippen LogP contribution in [0.1, 0.15) is 38.3 Å². The smallest absolute Gasteiger partial charge is 0.192 e. The Morgan fingerprint density at radius 3 is 2.21 bits per heavy atom. The minimum atomic E-state index is -1.43. The van der Waals surface area contributed by atoms with Crippen molar-refractivity contribution in [3.8, 4) is 0 Å². The molecule has 0 saturated heterocycles. The Hall–Kier alpha value is -0.863. The van der Waals surface area contributed by atoms with Crippen molar-refractivity contribution in [3.63, 3.8) is 0 Å². The molecule has 2 heteroatoms. The van der Waals surface area contributed by atoms with Gasteiger partial charge >= 0.3 is 0 Å². The molecule has 0 aromatic heterocycles. The molecule has 0 atom stereocenters. The lowest BCUT2D eigenvalue weighted by Crippen LogP contribution is -2.36. The maximum Gasteiger partial charge on any atom is 0.192 e. The summed E-state index contributed by atoms with van der Waals surface area (Å²) in [5.41, 5.74) is 2.63.